The van der Waals surface area contributed by atoms with Crippen LogP contribution in [0.25, 0.3) is 5.70 Å². The molecule has 0 aliphatic carbocycles. The number of aromatic nitrogens is 2. The highest BCUT2D eigenvalue weighted by Gasteiger charge is 2.24. The SMILES string of the molecule is CCOc1ccc(NC2=CCC(C)n3c2ncc(C(=O)O)c3=O)cc1. The van der Waals surface area contributed by atoms with E-state index in [9.17, 15) is 9.59 Å². The van der Waals surface area contributed by atoms with Crippen molar-refractivity contribution in [3.05, 3.63) is 58.3 Å². The van der Waals surface area contributed by atoms with Gasteiger partial charge in [0, 0.05) is 17.9 Å². The van der Waals surface area contributed by atoms with Gasteiger partial charge >= 0.3 is 5.97 Å². The lowest BCUT2D eigenvalue weighted by Gasteiger charge is -2.25. The predicted octanol–water partition coefficient (Wildman–Crippen LogP) is 2.76. The quantitative estimate of drug-likeness (QED) is 0.868. The predicted molar refractivity (Wildman–Crippen MR) is 94.0 cm³/mol. The summed E-state index contributed by atoms with van der Waals surface area (Å²) in [7, 11) is 0. The summed E-state index contributed by atoms with van der Waals surface area (Å²) in [6, 6.07) is 7.30. The average molecular weight is 341 g/mol. The van der Waals surface area contributed by atoms with E-state index >= 15 is 0 Å². The Morgan fingerprint density at radius 1 is 1.40 bits per heavy atom. The Balaban J connectivity index is 1.94. The van der Waals surface area contributed by atoms with Crippen LogP contribution in [0.2, 0.25) is 0 Å². The van der Waals surface area contributed by atoms with Crippen molar-refractivity contribution in [2.24, 2.45) is 0 Å². The second-order valence-electron chi connectivity index (χ2n) is 5.76. The first-order valence-electron chi connectivity index (χ1n) is 8.06. The minimum Gasteiger partial charge on any atom is -0.494 e. The molecule has 1 aliphatic heterocycles. The third-order valence-electron chi connectivity index (χ3n) is 4.01. The zero-order chi connectivity index (χ0) is 18.0. The minimum absolute atomic E-state index is 0.153. The molecule has 7 nitrogen and oxygen atoms in total. The summed E-state index contributed by atoms with van der Waals surface area (Å²) in [5.41, 5.74) is 0.644. The molecule has 0 radical (unpaired) electrons. The number of carboxylic acids is 1. The highest BCUT2D eigenvalue weighted by Crippen LogP contribution is 2.27. The van der Waals surface area contributed by atoms with Crippen LogP contribution in [0.15, 0.2) is 41.3 Å². The molecule has 25 heavy (non-hydrogen) atoms. The number of fused-ring (bicyclic) bond motifs is 1. The number of aromatic carboxylic acids is 1. The number of allylic oxidation sites excluding steroid dienone is 1. The topological polar surface area (TPSA) is 93.4 Å². The van der Waals surface area contributed by atoms with E-state index in [1.807, 2.05) is 44.2 Å². The fourth-order valence-electron chi connectivity index (χ4n) is 2.77. The summed E-state index contributed by atoms with van der Waals surface area (Å²) in [6.45, 7) is 4.39. The number of anilines is 1. The summed E-state index contributed by atoms with van der Waals surface area (Å²) in [5, 5.41) is 12.4. The van der Waals surface area contributed by atoms with Gasteiger partial charge in [0.05, 0.1) is 12.3 Å². The van der Waals surface area contributed by atoms with Gasteiger partial charge in [0.1, 0.15) is 11.3 Å². The number of nitrogens with one attached hydrogen (secondary N) is 1. The molecule has 1 unspecified atom stereocenters. The Bertz CT molecular complexity index is 884. The molecule has 1 aliphatic rings. The molecule has 3 rings (SSSR count). The summed E-state index contributed by atoms with van der Waals surface area (Å²) < 4.78 is 6.85. The lowest BCUT2D eigenvalue weighted by atomic mass is 10.1. The van der Waals surface area contributed by atoms with Crippen LogP contribution >= 0.6 is 0 Å². The van der Waals surface area contributed by atoms with Crippen LogP contribution in [-0.4, -0.2) is 27.2 Å². The number of nitrogens with zero attached hydrogens (tertiary/aromatic N) is 2. The van der Waals surface area contributed by atoms with Crippen molar-refractivity contribution in [1.29, 1.82) is 0 Å². The van der Waals surface area contributed by atoms with E-state index in [1.165, 1.54) is 4.57 Å². The van der Waals surface area contributed by atoms with Gasteiger partial charge in [0.2, 0.25) is 0 Å². The molecule has 1 aromatic carbocycles. The third kappa shape index (κ3) is 3.26. The van der Waals surface area contributed by atoms with Crippen LogP contribution in [0, 0.1) is 0 Å². The molecule has 2 heterocycles. The fraction of sp³-hybridized carbons (Fsp3) is 0.278. The van der Waals surface area contributed by atoms with Crippen LogP contribution in [0.5, 0.6) is 5.75 Å². The standard InChI is InChI=1S/C18H19N3O4/c1-3-25-13-7-5-12(6-8-13)20-15-9-4-11(2)21-16(15)19-10-14(17(21)22)18(23)24/h5-11,20H,3-4H2,1-2H3,(H,23,24). The van der Waals surface area contributed by atoms with Crippen molar-refractivity contribution in [2.45, 2.75) is 26.3 Å². The average Bonchev–Trinajstić information content (AvgIpc) is 2.59. The maximum Gasteiger partial charge on any atom is 0.342 e. The number of benzene rings is 1. The normalized spacial score (nSPS) is 15.9. The van der Waals surface area contributed by atoms with Gasteiger partial charge in [-0.15, -0.1) is 0 Å². The van der Waals surface area contributed by atoms with E-state index in [4.69, 9.17) is 9.84 Å². The Morgan fingerprint density at radius 2 is 2.12 bits per heavy atom. The molecule has 1 atom stereocenters. The van der Waals surface area contributed by atoms with E-state index < -0.39 is 11.5 Å². The molecular weight excluding hydrogens is 322 g/mol. The highest BCUT2D eigenvalue weighted by molar-refractivity contribution is 5.87. The fourth-order valence-corrected chi connectivity index (χ4v) is 2.77. The minimum atomic E-state index is -1.27. The van der Waals surface area contributed by atoms with Crippen molar-refractivity contribution in [1.82, 2.24) is 9.55 Å². The molecule has 1 aromatic heterocycles. The van der Waals surface area contributed by atoms with E-state index in [-0.39, 0.29) is 11.6 Å². The largest absolute Gasteiger partial charge is 0.494 e. The zero-order valence-corrected chi connectivity index (χ0v) is 14.0. The van der Waals surface area contributed by atoms with Gasteiger partial charge in [-0.2, -0.15) is 0 Å². The van der Waals surface area contributed by atoms with Crippen molar-refractivity contribution in [2.75, 3.05) is 11.9 Å². The monoisotopic (exact) mass is 341 g/mol. The number of rotatable bonds is 5. The zero-order valence-electron chi connectivity index (χ0n) is 14.0. The molecule has 130 valence electrons. The van der Waals surface area contributed by atoms with Crippen molar-refractivity contribution >= 4 is 17.4 Å². The lowest BCUT2D eigenvalue weighted by molar-refractivity contribution is 0.0693. The van der Waals surface area contributed by atoms with Crippen LogP contribution in [0.4, 0.5) is 5.69 Å². The van der Waals surface area contributed by atoms with E-state index in [2.05, 4.69) is 10.3 Å². The summed E-state index contributed by atoms with van der Waals surface area (Å²) >= 11 is 0. The third-order valence-corrected chi connectivity index (χ3v) is 4.01. The summed E-state index contributed by atoms with van der Waals surface area (Å²) in [4.78, 5) is 27.8. The second-order valence-corrected chi connectivity index (χ2v) is 5.76. The van der Waals surface area contributed by atoms with Crippen LogP contribution in [0.3, 0.4) is 0 Å². The van der Waals surface area contributed by atoms with Crippen molar-refractivity contribution in [3.63, 3.8) is 0 Å². The van der Waals surface area contributed by atoms with E-state index in [0.717, 1.165) is 17.6 Å². The first kappa shape index (κ1) is 16.8. The Hall–Kier alpha value is -3.09. The maximum absolute atomic E-state index is 12.5. The van der Waals surface area contributed by atoms with Crippen LogP contribution < -0.4 is 15.6 Å². The van der Waals surface area contributed by atoms with Gasteiger partial charge < -0.3 is 15.2 Å². The number of carboxylic acid groups (broad SMARTS) is 1. The number of hydrogen-bond acceptors (Lipinski definition) is 5. The first-order chi connectivity index (χ1) is 12.0. The Morgan fingerprint density at radius 3 is 2.76 bits per heavy atom. The van der Waals surface area contributed by atoms with Crippen molar-refractivity contribution < 1.29 is 14.6 Å². The van der Waals surface area contributed by atoms with Gasteiger partial charge in [0.25, 0.3) is 5.56 Å². The molecule has 7 heteroatoms. The molecule has 0 saturated carbocycles. The molecule has 0 saturated heterocycles. The number of carbonyl (C=O) groups is 1. The lowest BCUT2D eigenvalue weighted by Crippen LogP contribution is -2.34. The molecule has 0 amide bonds. The first-order valence-corrected chi connectivity index (χ1v) is 8.06. The van der Waals surface area contributed by atoms with Gasteiger partial charge in [-0.05, 0) is 44.5 Å². The van der Waals surface area contributed by atoms with Gasteiger partial charge in [-0.3, -0.25) is 9.36 Å². The molecule has 0 spiro atoms. The van der Waals surface area contributed by atoms with Gasteiger partial charge in [0.15, 0.2) is 5.82 Å². The molecule has 0 fully saturated rings. The Labute approximate surface area is 144 Å². The smallest absolute Gasteiger partial charge is 0.342 e. The second kappa shape index (κ2) is 6.80. The van der Waals surface area contributed by atoms with Crippen LogP contribution in [0.1, 0.15) is 42.5 Å². The summed E-state index contributed by atoms with van der Waals surface area (Å²) in [6.07, 6.45) is 3.68. The molecular formula is C18H19N3O4. The number of ether oxygens (including phenoxy) is 1. The summed E-state index contributed by atoms with van der Waals surface area (Å²) in [5.74, 6) is -0.0571. The van der Waals surface area contributed by atoms with Crippen molar-refractivity contribution in [3.8, 4) is 5.75 Å². The Kier molecular flexibility index (Phi) is 4.56. The molecule has 2 aromatic rings. The number of hydrogen-bond donors (Lipinski definition) is 2. The van der Waals surface area contributed by atoms with Gasteiger partial charge in [-0.1, -0.05) is 6.08 Å². The van der Waals surface area contributed by atoms with E-state index in [1.54, 1.807) is 0 Å². The van der Waals surface area contributed by atoms with Crippen LogP contribution in [-0.2, 0) is 0 Å². The highest BCUT2D eigenvalue weighted by atomic mass is 16.5. The molecule has 2 N–H and O–H groups in total. The maximum atomic E-state index is 12.5. The molecule has 0 bridgehead atoms. The van der Waals surface area contributed by atoms with E-state index in [0.29, 0.717) is 24.5 Å². The van der Waals surface area contributed by atoms with Gasteiger partial charge in [-0.25, -0.2) is 9.78 Å².